The maximum atomic E-state index is 11.5. The second-order valence-electron chi connectivity index (χ2n) is 3.65. The van der Waals surface area contributed by atoms with Gasteiger partial charge in [-0.3, -0.25) is 14.9 Å². The number of ether oxygens (including phenoxy) is 1. The number of rotatable bonds is 3. The Kier molecular flexibility index (Phi) is 3.22. The Morgan fingerprint density at radius 2 is 2.17 bits per heavy atom. The van der Waals surface area contributed by atoms with Gasteiger partial charge in [0.25, 0.3) is 0 Å². The van der Waals surface area contributed by atoms with Crippen LogP contribution in [0.3, 0.4) is 0 Å². The Bertz CT molecular complexity index is 491. The summed E-state index contributed by atoms with van der Waals surface area (Å²) in [5, 5.41) is 5.00. The SMILES string of the molecule is COc1nc(N)nc(NC2CCC(=O)NC2=O)n1. The van der Waals surface area contributed by atoms with Crippen LogP contribution >= 0.6 is 0 Å². The lowest BCUT2D eigenvalue weighted by atomic mass is 10.1. The van der Waals surface area contributed by atoms with Crippen molar-refractivity contribution in [2.75, 3.05) is 18.2 Å². The number of imide groups is 1. The standard InChI is InChI=1S/C9H12N6O3/c1-18-9-14-7(10)13-8(15-9)11-4-2-3-5(16)12-6(4)17/h4H,2-3H2,1H3,(H,12,16,17)(H3,10,11,13,14,15). The molecule has 9 nitrogen and oxygen atoms in total. The number of amides is 2. The van der Waals surface area contributed by atoms with Gasteiger partial charge in [-0.1, -0.05) is 0 Å². The number of nitrogens with one attached hydrogen (secondary N) is 2. The van der Waals surface area contributed by atoms with Crippen LogP contribution in [-0.2, 0) is 9.59 Å². The van der Waals surface area contributed by atoms with E-state index >= 15 is 0 Å². The fraction of sp³-hybridized carbons (Fsp3) is 0.444. The van der Waals surface area contributed by atoms with Gasteiger partial charge < -0.3 is 15.8 Å². The molecule has 2 heterocycles. The largest absolute Gasteiger partial charge is 0.467 e. The lowest BCUT2D eigenvalue weighted by molar-refractivity contribution is -0.133. The molecule has 1 aromatic rings. The Labute approximate surface area is 102 Å². The number of carbonyl (C=O) groups excluding carboxylic acids is 2. The summed E-state index contributed by atoms with van der Waals surface area (Å²) >= 11 is 0. The van der Waals surface area contributed by atoms with Gasteiger partial charge in [0.2, 0.25) is 23.7 Å². The normalized spacial score (nSPS) is 19.3. The Morgan fingerprint density at radius 1 is 1.39 bits per heavy atom. The van der Waals surface area contributed by atoms with Gasteiger partial charge in [0.1, 0.15) is 6.04 Å². The topological polar surface area (TPSA) is 132 Å². The van der Waals surface area contributed by atoms with Gasteiger partial charge in [-0.05, 0) is 6.42 Å². The number of anilines is 2. The zero-order valence-corrected chi connectivity index (χ0v) is 9.64. The highest BCUT2D eigenvalue weighted by Crippen LogP contribution is 2.13. The van der Waals surface area contributed by atoms with E-state index < -0.39 is 11.9 Å². The molecule has 0 bridgehead atoms. The minimum atomic E-state index is -0.575. The molecular weight excluding hydrogens is 240 g/mol. The van der Waals surface area contributed by atoms with Gasteiger partial charge in [-0.25, -0.2) is 0 Å². The van der Waals surface area contributed by atoms with Crippen LogP contribution < -0.4 is 21.1 Å². The highest BCUT2D eigenvalue weighted by atomic mass is 16.5. The number of nitrogen functional groups attached to an aromatic ring is 1. The van der Waals surface area contributed by atoms with E-state index in [0.717, 1.165) is 0 Å². The van der Waals surface area contributed by atoms with Gasteiger partial charge in [-0.2, -0.15) is 15.0 Å². The maximum absolute atomic E-state index is 11.5. The Hall–Kier alpha value is -2.45. The number of nitrogens with two attached hydrogens (primary N) is 1. The van der Waals surface area contributed by atoms with Crippen molar-refractivity contribution in [1.29, 1.82) is 0 Å². The summed E-state index contributed by atoms with van der Waals surface area (Å²) in [6.45, 7) is 0. The van der Waals surface area contributed by atoms with Gasteiger partial charge in [0.15, 0.2) is 0 Å². The van der Waals surface area contributed by atoms with Crippen LogP contribution in [0.4, 0.5) is 11.9 Å². The van der Waals surface area contributed by atoms with Crippen molar-refractivity contribution in [3.8, 4) is 6.01 Å². The van der Waals surface area contributed by atoms with Crippen molar-refractivity contribution in [2.45, 2.75) is 18.9 Å². The first kappa shape index (κ1) is 12.0. The van der Waals surface area contributed by atoms with Crippen molar-refractivity contribution < 1.29 is 14.3 Å². The summed E-state index contributed by atoms with van der Waals surface area (Å²) < 4.78 is 4.83. The molecule has 0 radical (unpaired) electrons. The summed E-state index contributed by atoms with van der Waals surface area (Å²) in [4.78, 5) is 33.9. The van der Waals surface area contributed by atoms with Crippen LogP contribution in [0.1, 0.15) is 12.8 Å². The van der Waals surface area contributed by atoms with Gasteiger partial charge in [0, 0.05) is 6.42 Å². The Balaban J connectivity index is 2.11. The van der Waals surface area contributed by atoms with Crippen molar-refractivity contribution in [2.24, 2.45) is 0 Å². The van der Waals surface area contributed by atoms with Crippen LogP contribution in [0.25, 0.3) is 0 Å². The first-order chi connectivity index (χ1) is 8.58. The highest BCUT2D eigenvalue weighted by Gasteiger charge is 2.27. The van der Waals surface area contributed by atoms with Gasteiger partial charge in [0.05, 0.1) is 7.11 Å². The molecule has 18 heavy (non-hydrogen) atoms. The number of nitrogens with zero attached hydrogens (tertiary/aromatic N) is 3. The van der Waals surface area contributed by atoms with E-state index in [9.17, 15) is 9.59 Å². The summed E-state index contributed by atoms with van der Waals surface area (Å²) in [6, 6.07) is -0.522. The first-order valence-corrected chi connectivity index (χ1v) is 5.24. The summed E-state index contributed by atoms with van der Waals surface area (Å²) in [5.41, 5.74) is 5.46. The third-order valence-electron chi connectivity index (χ3n) is 2.36. The summed E-state index contributed by atoms with van der Waals surface area (Å²) in [7, 11) is 1.39. The smallest absolute Gasteiger partial charge is 0.322 e. The number of hydrogen-bond acceptors (Lipinski definition) is 8. The number of aromatic nitrogens is 3. The molecule has 96 valence electrons. The third-order valence-corrected chi connectivity index (χ3v) is 2.36. The van der Waals surface area contributed by atoms with Crippen LogP contribution in [-0.4, -0.2) is 39.9 Å². The first-order valence-electron chi connectivity index (χ1n) is 5.24. The molecule has 1 fully saturated rings. The molecule has 1 unspecified atom stereocenters. The molecule has 0 aromatic carbocycles. The number of piperidine rings is 1. The number of hydrogen-bond donors (Lipinski definition) is 3. The average Bonchev–Trinajstić information content (AvgIpc) is 2.32. The van der Waals surface area contributed by atoms with Crippen molar-refractivity contribution in [3.05, 3.63) is 0 Å². The Morgan fingerprint density at radius 3 is 2.83 bits per heavy atom. The van der Waals surface area contributed by atoms with Crippen LogP contribution in [0.2, 0.25) is 0 Å². The van der Waals surface area contributed by atoms with Crippen LogP contribution in [0.15, 0.2) is 0 Å². The second-order valence-corrected chi connectivity index (χ2v) is 3.65. The average molecular weight is 252 g/mol. The summed E-state index contributed by atoms with van der Waals surface area (Å²) in [5.74, 6) is -0.583. The molecule has 1 atom stereocenters. The molecule has 1 saturated heterocycles. The summed E-state index contributed by atoms with van der Waals surface area (Å²) in [6.07, 6.45) is 0.639. The molecule has 2 amide bonds. The minimum absolute atomic E-state index is 0.0170. The minimum Gasteiger partial charge on any atom is -0.467 e. The quantitative estimate of drug-likeness (QED) is 0.564. The number of carbonyl (C=O) groups is 2. The molecule has 0 spiro atoms. The molecule has 0 aliphatic carbocycles. The second kappa shape index (κ2) is 4.82. The fourth-order valence-electron chi connectivity index (χ4n) is 1.52. The fourth-order valence-corrected chi connectivity index (χ4v) is 1.52. The third kappa shape index (κ3) is 2.62. The van der Waals surface area contributed by atoms with E-state index in [1.54, 1.807) is 0 Å². The van der Waals surface area contributed by atoms with E-state index in [0.29, 0.717) is 6.42 Å². The maximum Gasteiger partial charge on any atom is 0.322 e. The molecule has 1 aliphatic heterocycles. The van der Waals surface area contributed by atoms with E-state index in [1.807, 2.05) is 0 Å². The zero-order valence-electron chi connectivity index (χ0n) is 9.64. The van der Waals surface area contributed by atoms with Gasteiger partial charge in [-0.15, -0.1) is 0 Å². The monoisotopic (exact) mass is 252 g/mol. The molecule has 9 heteroatoms. The highest BCUT2D eigenvalue weighted by molar-refractivity contribution is 6.01. The molecular formula is C9H12N6O3. The molecule has 1 aromatic heterocycles. The van der Waals surface area contributed by atoms with Gasteiger partial charge >= 0.3 is 6.01 Å². The van der Waals surface area contributed by atoms with E-state index in [4.69, 9.17) is 10.5 Å². The van der Waals surface area contributed by atoms with Crippen LogP contribution in [0, 0.1) is 0 Å². The van der Waals surface area contributed by atoms with Crippen molar-refractivity contribution in [1.82, 2.24) is 20.3 Å². The molecule has 0 saturated carbocycles. The van der Waals surface area contributed by atoms with Crippen LogP contribution in [0.5, 0.6) is 6.01 Å². The van der Waals surface area contributed by atoms with Crippen molar-refractivity contribution in [3.63, 3.8) is 0 Å². The molecule has 2 rings (SSSR count). The molecule has 1 aliphatic rings. The van der Waals surface area contributed by atoms with E-state index in [-0.39, 0.29) is 30.2 Å². The van der Waals surface area contributed by atoms with Crippen molar-refractivity contribution >= 4 is 23.7 Å². The lowest BCUT2D eigenvalue weighted by Gasteiger charge is -2.21. The molecule has 4 N–H and O–H groups in total. The lowest BCUT2D eigenvalue weighted by Crippen LogP contribution is -2.47. The number of methoxy groups -OCH3 is 1. The predicted octanol–water partition coefficient (Wildman–Crippen LogP) is -1.32. The van der Waals surface area contributed by atoms with E-state index in [2.05, 4.69) is 25.6 Å². The van der Waals surface area contributed by atoms with E-state index in [1.165, 1.54) is 7.11 Å². The zero-order chi connectivity index (χ0) is 13.1. The predicted molar refractivity (Wildman–Crippen MR) is 60.6 cm³/mol.